The summed E-state index contributed by atoms with van der Waals surface area (Å²) in [6.45, 7) is 2.27. The number of hydrogen-bond acceptors (Lipinski definition) is 3. The molecule has 0 atom stereocenters. The molecule has 0 amide bonds. The van der Waals surface area contributed by atoms with Crippen LogP contribution in [0.5, 0.6) is 5.75 Å². The molecule has 1 aromatic rings. The topological polar surface area (TPSA) is 30.5 Å². The van der Waals surface area contributed by atoms with Crippen LogP contribution in [0.15, 0.2) is 24.3 Å². The second-order valence-corrected chi connectivity index (χ2v) is 3.42. The van der Waals surface area contributed by atoms with Crippen LogP contribution in [0.4, 0.5) is 0 Å². The van der Waals surface area contributed by atoms with Gasteiger partial charge in [0.2, 0.25) is 0 Å². The minimum atomic E-state index is 0.244. The molecule has 1 N–H and O–H groups in total. The summed E-state index contributed by atoms with van der Waals surface area (Å²) in [6, 6.07) is 8.10. The first-order valence-corrected chi connectivity index (χ1v) is 4.87. The Morgan fingerprint density at radius 1 is 1.43 bits per heavy atom. The second kappa shape index (κ2) is 4.44. The van der Waals surface area contributed by atoms with Gasteiger partial charge in [-0.05, 0) is 13.1 Å². The third kappa shape index (κ3) is 2.05. The highest BCUT2D eigenvalue weighted by Crippen LogP contribution is 2.21. The second-order valence-electron chi connectivity index (χ2n) is 3.42. The predicted octanol–water partition coefficient (Wildman–Crippen LogP) is 1.18. The van der Waals surface area contributed by atoms with E-state index >= 15 is 0 Å². The highest BCUT2D eigenvalue weighted by Gasteiger charge is 2.20. The fourth-order valence-electron chi connectivity index (χ4n) is 1.42. The third-order valence-corrected chi connectivity index (χ3v) is 2.24. The van der Waals surface area contributed by atoms with Gasteiger partial charge in [0.25, 0.3) is 0 Å². The number of rotatable bonds is 4. The smallest absolute Gasteiger partial charge is 0.145 e. The molecule has 0 aromatic heterocycles. The highest BCUT2D eigenvalue weighted by molar-refractivity contribution is 5.33. The van der Waals surface area contributed by atoms with Gasteiger partial charge in [-0.15, -0.1) is 0 Å². The zero-order valence-corrected chi connectivity index (χ0v) is 8.32. The predicted molar refractivity (Wildman–Crippen MR) is 54.4 cm³/mol. The highest BCUT2D eigenvalue weighted by atomic mass is 16.6. The zero-order valence-electron chi connectivity index (χ0n) is 8.32. The van der Waals surface area contributed by atoms with Crippen molar-refractivity contribution in [3.8, 4) is 5.75 Å². The SMILES string of the molecule is CNCc1ccccc1OC1COC1. The van der Waals surface area contributed by atoms with Crippen LogP contribution in [0.1, 0.15) is 5.56 Å². The fourth-order valence-corrected chi connectivity index (χ4v) is 1.42. The van der Waals surface area contributed by atoms with Crippen LogP contribution < -0.4 is 10.1 Å². The zero-order chi connectivity index (χ0) is 9.80. The van der Waals surface area contributed by atoms with Crippen LogP contribution in [-0.2, 0) is 11.3 Å². The summed E-state index contributed by atoms with van der Waals surface area (Å²) in [4.78, 5) is 0. The van der Waals surface area contributed by atoms with Crippen LogP contribution in [0.25, 0.3) is 0 Å². The molecule has 1 saturated heterocycles. The maximum Gasteiger partial charge on any atom is 0.145 e. The van der Waals surface area contributed by atoms with Gasteiger partial charge in [-0.25, -0.2) is 0 Å². The summed E-state index contributed by atoms with van der Waals surface area (Å²) in [5.74, 6) is 0.968. The van der Waals surface area contributed by atoms with E-state index in [1.165, 1.54) is 5.56 Å². The van der Waals surface area contributed by atoms with Gasteiger partial charge in [-0.3, -0.25) is 0 Å². The van der Waals surface area contributed by atoms with Gasteiger partial charge in [-0.1, -0.05) is 18.2 Å². The monoisotopic (exact) mass is 193 g/mol. The average molecular weight is 193 g/mol. The van der Waals surface area contributed by atoms with Crippen molar-refractivity contribution >= 4 is 0 Å². The van der Waals surface area contributed by atoms with Crippen LogP contribution in [-0.4, -0.2) is 26.4 Å². The Balaban J connectivity index is 2.05. The summed E-state index contributed by atoms with van der Waals surface area (Å²) in [5, 5.41) is 3.12. The summed E-state index contributed by atoms with van der Waals surface area (Å²) in [5.41, 5.74) is 1.20. The van der Waals surface area contributed by atoms with E-state index in [1.54, 1.807) is 0 Å². The Labute approximate surface area is 84.0 Å². The Morgan fingerprint density at radius 3 is 2.86 bits per heavy atom. The molecule has 3 heteroatoms. The van der Waals surface area contributed by atoms with Gasteiger partial charge in [-0.2, -0.15) is 0 Å². The average Bonchev–Trinajstić information content (AvgIpc) is 2.14. The van der Waals surface area contributed by atoms with E-state index in [2.05, 4.69) is 11.4 Å². The van der Waals surface area contributed by atoms with Gasteiger partial charge >= 0.3 is 0 Å². The van der Waals surface area contributed by atoms with E-state index in [1.807, 2.05) is 25.2 Å². The number of benzene rings is 1. The lowest BCUT2D eigenvalue weighted by molar-refractivity contribution is -0.0800. The molecule has 1 aromatic carbocycles. The first kappa shape index (κ1) is 9.49. The quantitative estimate of drug-likeness (QED) is 0.779. The minimum Gasteiger partial charge on any atom is -0.485 e. The maximum atomic E-state index is 5.77. The van der Waals surface area contributed by atoms with E-state index in [-0.39, 0.29) is 6.10 Å². The summed E-state index contributed by atoms with van der Waals surface area (Å²) < 4.78 is 10.8. The lowest BCUT2D eigenvalue weighted by Gasteiger charge is -2.27. The Bertz CT molecular complexity index is 297. The third-order valence-electron chi connectivity index (χ3n) is 2.24. The molecule has 1 aliphatic rings. The van der Waals surface area contributed by atoms with E-state index in [0.717, 1.165) is 12.3 Å². The van der Waals surface area contributed by atoms with Crippen molar-refractivity contribution in [1.29, 1.82) is 0 Å². The Morgan fingerprint density at radius 2 is 2.21 bits per heavy atom. The lowest BCUT2D eigenvalue weighted by Crippen LogP contribution is -2.38. The van der Waals surface area contributed by atoms with Gasteiger partial charge in [0, 0.05) is 12.1 Å². The summed E-state index contributed by atoms with van der Waals surface area (Å²) in [6.07, 6.45) is 0.244. The number of nitrogens with one attached hydrogen (secondary N) is 1. The van der Waals surface area contributed by atoms with Crippen LogP contribution in [0, 0.1) is 0 Å². The van der Waals surface area contributed by atoms with Crippen molar-refractivity contribution in [2.24, 2.45) is 0 Å². The van der Waals surface area contributed by atoms with Crippen molar-refractivity contribution in [2.45, 2.75) is 12.6 Å². The number of hydrogen-bond donors (Lipinski definition) is 1. The van der Waals surface area contributed by atoms with Crippen molar-refractivity contribution in [2.75, 3.05) is 20.3 Å². The van der Waals surface area contributed by atoms with E-state index < -0.39 is 0 Å². The summed E-state index contributed by atoms with van der Waals surface area (Å²) >= 11 is 0. The van der Waals surface area contributed by atoms with Crippen LogP contribution in [0.2, 0.25) is 0 Å². The van der Waals surface area contributed by atoms with Crippen LogP contribution in [0.3, 0.4) is 0 Å². The van der Waals surface area contributed by atoms with Gasteiger partial charge in [0.15, 0.2) is 0 Å². The Hall–Kier alpha value is -1.06. The van der Waals surface area contributed by atoms with Crippen molar-refractivity contribution in [1.82, 2.24) is 5.32 Å². The molecule has 1 aliphatic heterocycles. The van der Waals surface area contributed by atoms with E-state index in [9.17, 15) is 0 Å². The molecule has 1 heterocycles. The normalized spacial score (nSPS) is 16.4. The van der Waals surface area contributed by atoms with E-state index in [4.69, 9.17) is 9.47 Å². The maximum absolute atomic E-state index is 5.77. The largest absolute Gasteiger partial charge is 0.485 e. The van der Waals surface area contributed by atoms with Crippen molar-refractivity contribution in [3.05, 3.63) is 29.8 Å². The molecular formula is C11H15NO2. The molecule has 0 radical (unpaired) electrons. The lowest BCUT2D eigenvalue weighted by atomic mass is 10.2. The molecule has 3 nitrogen and oxygen atoms in total. The molecule has 0 bridgehead atoms. The minimum absolute atomic E-state index is 0.244. The number of para-hydroxylation sites is 1. The van der Waals surface area contributed by atoms with Crippen molar-refractivity contribution in [3.63, 3.8) is 0 Å². The van der Waals surface area contributed by atoms with Crippen molar-refractivity contribution < 1.29 is 9.47 Å². The van der Waals surface area contributed by atoms with Crippen LogP contribution >= 0.6 is 0 Å². The molecule has 0 saturated carbocycles. The Kier molecular flexibility index (Phi) is 3.01. The molecule has 0 spiro atoms. The number of ether oxygens (including phenoxy) is 2. The molecule has 14 heavy (non-hydrogen) atoms. The fraction of sp³-hybridized carbons (Fsp3) is 0.455. The molecular weight excluding hydrogens is 178 g/mol. The van der Waals surface area contributed by atoms with Gasteiger partial charge < -0.3 is 14.8 Å². The first-order valence-electron chi connectivity index (χ1n) is 4.87. The van der Waals surface area contributed by atoms with Gasteiger partial charge in [0.05, 0.1) is 13.2 Å². The molecule has 1 fully saturated rings. The standard InChI is InChI=1S/C11H15NO2/c1-12-6-9-4-2-3-5-11(9)14-10-7-13-8-10/h2-5,10,12H,6-8H2,1H3. The molecule has 76 valence electrons. The van der Waals surface area contributed by atoms with E-state index in [0.29, 0.717) is 13.2 Å². The molecule has 2 rings (SSSR count). The summed E-state index contributed by atoms with van der Waals surface area (Å²) in [7, 11) is 1.93. The molecule has 0 aliphatic carbocycles. The van der Waals surface area contributed by atoms with Gasteiger partial charge in [0.1, 0.15) is 11.9 Å². The molecule has 0 unspecified atom stereocenters. The first-order chi connectivity index (χ1) is 6.90.